The zero-order valence-corrected chi connectivity index (χ0v) is 17.2. The monoisotopic (exact) mass is 404 g/mol. The fourth-order valence-electron chi connectivity index (χ4n) is 2.74. The Morgan fingerprint density at radius 1 is 0.897 bits per heavy atom. The van der Waals surface area contributed by atoms with Gasteiger partial charge in [0.25, 0.3) is 5.91 Å². The molecule has 0 bridgehead atoms. The van der Waals surface area contributed by atoms with Gasteiger partial charge < -0.3 is 10.1 Å². The van der Waals surface area contributed by atoms with Crippen molar-refractivity contribution in [3.8, 4) is 5.75 Å². The van der Waals surface area contributed by atoms with E-state index in [2.05, 4.69) is 22.8 Å². The van der Waals surface area contributed by atoms with Crippen molar-refractivity contribution >= 4 is 23.2 Å². The molecule has 4 nitrogen and oxygen atoms in total. The van der Waals surface area contributed by atoms with E-state index >= 15 is 0 Å². The van der Waals surface area contributed by atoms with Crippen molar-refractivity contribution < 1.29 is 9.53 Å². The maximum Gasteiger partial charge on any atom is 0.257 e. The molecule has 0 spiro atoms. The van der Waals surface area contributed by atoms with E-state index in [4.69, 9.17) is 17.0 Å². The van der Waals surface area contributed by atoms with Crippen LogP contribution < -0.4 is 15.4 Å². The molecule has 0 saturated carbocycles. The highest BCUT2D eigenvalue weighted by Crippen LogP contribution is 2.13. The number of aryl methyl sites for hydroxylation is 1. The van der Waals surface area contributed by atoms with Gasteiger partial charge in [-0.05, 0) is 54.5 Å². The van der Waals surface area contributed by atoms with Crippen molar-refractivity contribution in [2.75, 3.05) is 6.61 Å². The van der Waals surface area contributed by atoms with Crippen LogP contribution in [0.5, 0.6) is 5.75 Å². The number of carbonyl (C=O) groups is 1. The van der Waals surface area contributed by atoms with E-state index in [0.29, 0.717) is 23.8 Å². The second-order valence-electron chi connectivity index (χ2n) is 6.73. The first kappa shape index (κ1) is 20.6. The molecule has 0 aliphatic rings. The first-order valence-electron chi connectivity index (χ1n) is 9.52. The van der Waals surface area contributed by atoms with E-state index in [1.165, 1.54) is 11.1 Å². The maximum absolute atomic E-state index is 12.3. The summed E-state index contributed by atoms with van der Waals surface area (Å²) in [6, 6.07) is 25.4. The molecule has 0 unspecified atom stereocenters. The Bertz CT molecular complexity index is 939. The molecule has 5 heteroatoms. The van der Waals surface area contributed by atoms with Crippen molar-refractivity contribution in [1.82, 2.24) is 10.6 Å². The lowest BCUT2D eigenvalue weighted by atomic mass is 10.1. The number of benzene rings is 3. The molecule has 148 valence electrons. The van der Waals surface area contributed by atoms with E-state index in [9.17, 15) is 4.79 Å². The lowest BCUT2D eigenvalue weighted by Gasteiger charge is -2.10. The largest absolute Gasteiger partial charge is 0.493 e. The van der Waals surface area contributed by atoms with Crippen LogP contribution in [-0.2, 0) is 13.0 Å². The molecule has 3 aromatic carbocycles. The summed E-state index contributed by atoms with van der Waals surface area (Å²) >= 11 is 5.22. The number of hydrogen-bond acceptors (Lipinski definition) is 3. The number of rotatable bonds is 7. The highest BCUT2D eigenvalue weighted by atomic mass is 32.1. The molecule has 3 rings (SSSR count). The van der Waals surface area contributed by atoms with Gasteiger partial charge in [-0.25, -0.2) is 0 Å². The van der Waals surface area contributed by atoms with E-state index in [1.54, 1.807) is 24.3 Å². The van der Waals surface area contributed by atoms with Crippen LogP contribution in [0.4, 0.5) is 0 Å². The lowest BCUT2D eigenvalue weighted by molar-refractivity contribution is 0.0976. The van der Waals surface area contributed by atoms with Crippen LogP contribution in [0.15, 0.2) is 78.9 Å². The minimum absolute atomic E-state index is 0.248. The van der Waals surface area contributed by atoms with Crippen LogP contribution in [0, 0.1) is 6.92 Å². The van der Waals surface area contributed by atoms with Gasteiger partial charge in [-0.1, -0.05) is 60.2 Å². The van der Waals surface area contributed by atoms with E-state index in [-0.39, 0.29) is 5.91 Å². The van der Waals surface area contributed by atoms with Crippen LogP contribution in [0.1, 0.15) is 27.0 Å². The van der Waals surface area contributed by atoms with Gasteiger partial charge >= 0.3 is 0 Å². The smallest absolute Gasteiger partial charge is 0.257 e. The first-order valence-corrected chi connectivity index (χ1v) is 9.92. The molecule has 2 N–H and O–H groups in total. The second kappa shape index (κ2) is 10.4. The quantitative estimate of drug-likeness (QED) is 0.573. The summed E-state index contributed by atoms with van der Waals surface area (Å²) in [7, 11) is 0. The summed E-state index contributed by atoms with van der Waals surface area (Å²) in [5, 5.41) is 6.06. The Morgan fingerprint density at radius 2 is 1.59 bits per heavy atom. The molecule has 0 aliphatic carbocycles. The Balaban J connectivity index is 1.43. The predicted octanol–water partition coefficient (Wildman–Crippen LogP) is 4.42. The summed E-state index contributed by atoms with van der Waals surface area (Å²) in [5.74, 6) is 0.486. The fourth-order valence-corrected chi connectivity index (χ4v) is 2.91. The second-order valence-corrected chi connectivity index (χ2v) is 7.14. The minimum Gasteiger partial charge on any atom is -0.493 e. The number of ether oxygens (including phenoxy) is 1. The third-order valence-corrected chi connectivity index (χ3v) is 4.67. The molecule has 0 aliphatic heterocycles. The van der Waals surface area contributed by atoms with Crippen molar-refractivity contribution in [3.63, 3.8) is 0 Å². The van der Waals surface area contributed by atoms with Crippen molar-refractivity contribution in [2.24, 2.45) is 0 Å². The highest BCUT2D eigenvalue weighted by molar-refractivity contribution is 7.80. The fraction of sp³-hybridized carbons (Fsp3) is 0.167. The van der Waals surface area contributed by atoms with Crippen molar-refractivity contribution in [3.05, 3.63) is 101 Å². The molecule has 0 saturated heterocycles. The van der Waals surface area contributed by atoms with Gasteiger partial charge in [0.1, 0.15) is 5.75 Å². The number of carbonyl (C=O) groups excluding carboxylic acids is 1. The average molecular weight is 405 g/mol. The predicted molar refractivity (Wildman–Crippen MR) is 120 cm³/mol. The van der Waals surface area contributed by atoms with Crippen LogP contribution in [0.25, 0.3) is 0 Å². The summed E-state index contributed by atoms with van der Waals surface area (Å²) in [5.41, 5.74) is 4.07. The van der Waals surface area contributed by atoms with Gasteiger partial charge in [-0.2, -0.15) is 0 Å². The van der Waals surface area contributed by atoms with Crippen LogP contribution >= 0.6 is 12.2 Å². The molecule has 0 fully saturated rings. The summed E-state index contributed by atoms with van der Waals surface area (Å²) in [6.07, 6.45) is 0.837. The lowest BCUT2D eigenvalue weighted by Crippen LogP contribution is -2.38. The van der Waals surface area contributed by atoms with E-state index < -0.39 is 0 Å². The molecule has 0 aromatic heterocycles. The average Bonchev–Trinajstić information content (AvgIpc) is 2.74. The van der Waals surface area contributed by atoms with Crippen molar-refractivity contribution in [1.29, 1.82) is 0 Å². The number of thiocarbonyl (C=S) groups is 1. The molecular weight excluding hydrogens is 380 g/mol. The first-order chi connectivity index (χ1) is 14.1. The molecule has 1 amide bonds. The number of hydrogen-bond donors (Lipinski definition) is 2. The van der Waals surface area contributed by atoms with E-state index in [0.717, 1.165) is 17.7 Å². The third-order valence-electron chi connectivity index (χ3n) is 4.42. The van der Waals surface area contributed by atoms with E-state index in [1.807, 2.05) is 49.4 Å². The van der Waals surface area contributed by atoms with Gasteiger partial charge in [0, 0.05) is 18.5 Å². The molecule has 29 heavy (non-hydrogen) atoms. The Labute approximate surface area is 176 Å². The molecule has 3 aromatic rings. The molecular formula is C24H24N2O2S. The van der Waals surface area contributed by atoms with Gasteiger partial charge in [-0.15, -0.1) is 0 Å². The Kier molecular flexibility index (Phi) is 7.36. The summed E-state index contributed by atoms with van der Waals surface area (Å²) in [6.45, 7) is 3.19. The van der Waals surface area contributed by atoms with Crippen LogP contribution in [0.2, 0.25) is 0 Å². The van der Waals surface area contributed by atoms with Crippen LogP contribution in [0.3, 0.4) is 0 Å². The van der Waals surface area contributed by atoms with Gasteiger partial charge in [0.15, 0.2) is 5.11 Å². The Morgan fingerprint density at radius 3 is 2.28 bits per heavy atom. The van der Waals surface area contributed by atoms with Gasteiger partial charge in [0.05, 0.1) is 6.61 Å². The molecule has 0 atom stereocenters. The standard InChI is InChI=1S/C24H24N2O2S/c1-18-7-9-20(10-8-18)17-25-24(29)26-23(27)21-11-13-22(14-12-21)28-16-15-19-5-3-2-4-6-19/h2-14H,15-17H2,1H3,(H2,25,26,27,29). The van der Waals surface area contributed by atoms with Crippen LogP contribution in [-0.4, -0.2) is 17.6 Å². The number of nitrogens with one attached hydrogen (secondary N) is 2. The Hall–Kier alpha value is -3.18. The normalized spacial score (nSPS) is 10.2. The minimum atomic E-state index is -0.248. The third kappa shape index (κ3) is 6.73. The zero-order valence-electron chi connectivity index (χ0n) is 16.4. The maximum atomic E-state index is 12.3. The topological polar surface area (TPSA) is 50.4 Å². The SMILES string of the molecule is Cc1ccc(CNC(=S)NC(=O)c2ccc(OCCc3ccccc3)cc2)cc1. The van der Waals surface area contributed by atoms with Gasteiger partial charge in [-0.3, -0.25) is 10.1 Å². The molecule has 0 heterocycles. The summed E-state index contributed by atoms with van der Waals surface area (Å²) < 4.78 is 5.75. The molecule has 0 radical (unpaired) electrons. The number of amides is 1. The summed E-state index contributed by atoms with van der Waals surface area (Å²) in [4.78, 5) is 12.3. The highest BCUT2D eigenvalue weighted by Gasteiger charge is 2.08. The zero-order chi connectivity index (χ0) is 20.5. The van der Waals surface area contributed by atoms with Gasteiger partial charge in [0.2, 0.25) is 0 Å². The van der Waals surface area contributed by atoms with Crippen molar-refractivity contribution in [2.45, 2.75) is 19.9 Å².